The number of fused-ring (bicyclic) bond motifs is 1. The van der Waals surface area contributed by atoms with Crippen molar-refractivity contribution in [3.8, 4) is 23.0 Å². The van der Waals surface area contributed by atoms with Crippen LogP contribution in [-0.2, 0) is 27.4 Å². The number of hydrogen-bond acceptors (Lipinski definition) is 9. The van der Waals surface area contributed by atoms with Gasteiger partial charge < -0.3 is 23.6 Å². The Morgan fingerprint density at radius 2 is 1.82 bits per heavy atom. The van der Waals surface area contributed by atoms with Crippen molar-refractivity contribution in [1.29, 1.82) is 0 Å². The molecule has 1 atom stereocenters. The smallest absolute Gasteiger partial charge is 0.315 e. The van der Waals surface area contributed by atoms with Crippen LogP contribution in [0, 0.1) is 0 Å². The minimum Gasteiger partial charge on any atom is -0.497 e. The molecule has 0 N–H and O–H groups in total. The number of nitrogens with zero attached hydrogens (tertiary/aromatic N) is 4. The fraction of sp³-hybridized carbons (Fsp3) is 0.250. The number of rotatable bonds is 9. The number of esters is 1. The van der Waals surface area contributed by atoms with E-state index in [1.54, 1.807) is 30.3 Å². The summed E-state index contributed by atoms with van der Waals surface area (Å²) in [6.45, 7) is 0.643. The summed E-state index contributed by atoms with van der Waals surface area (Å²) in [6, 6.07) is 18.5. The average Bonchev–Trinajstić information content (AvgIpc) is 3.60. The van der Waals surface area contributed by atoms with Gasteiger partial charge in [0.05, 0.1) is 20.4 Å². The number of amides is 1. The molecule has 0 fully saturated rings. The Morgan fingerprint density at radius 1 is 1.03 bits per heavy atom. The summed E-state index contributed by atoms with van der Waals surface area (Å²) >= 11 is 0. The molecule has 5 rings (SSSR count). The van der Waals surface area contributed by atoms with Gasteiger partial charge in [-0.05, 0) is 41.5 Å². The molecule has 0 spiro atoms. The lowest BCUT2D eigenvalue weighted by Gasteiger charge is -2.17. The van der Waals surface area contributed by atoms with Gasteiger partial charge in [0, 0.05) is 25.1 Å². The highest BCUT2D eigenvalue weighted by molar-refractivity contribution is 5.99. The molecule has 38 heavy (non-hydrogen) atoms. The van der Waals surface area contributed by atoms with Crippen molar-refractivity contribution < 1.29 is 28.3 Å². The fourth-order valence-corrected chi connectivity index (χ4v) is 4.28. The maximum Gasteiger partial charge on any atom is 0.315 e. The zero-order valence-electron chi connectivity index (χ0n) is 21.0. The number of hydrogen-bond donors (Lipinski definition) is 0. The molecule has 1 unspecified atom stereocenters. The lowest BCUT2D eigenvalue weighted by atomic mass is 10.0. The third-order valence-electron chi connectivity index (χ3n) is 6.31. The highest BCUT2D eigenvalue weighted by Crippen LogP contribution is 2.37. The molecule has 194 valence electrons. The Morgan fingerprint density at radius 3 is 2.55 bits per heavy atom. The number of pyridine rings is 1. The number of methoxy groups -OCH3 is 2. The van der Waals surface area contributed by atoms with Gasteiger partial charge in [0.15, 0.2) is 0 Å². The second-order valence-corrected chi connectivity index (χ2v) is 8.67. The van der Waals surface area contributed by atoms with Crippen LogP contribution in [0.1, 0.15) is 29.4 Å². The van der Waals surface area contributed by atoms with Crippen molar-refractivity contribution in [1.82, 2.24) is 15.1 Å². The van der Waals surface area contributed by atoms with Gasteiger partial charge >= 0.3 is 5.97 Å². The van der Waals surface area contributed by atoms with Gasteiger partial charge in [0.2, 0.25) is 17.6 Å². The van der Waals surface area contributed by atoms with Crippen molar-refractivity contribution in [2.75, 3.05) is 25.7 Å². The van der Waals surface area contributed by atoms with Crippen molar-refractivity contribution in [2.24, 2.45) is 0 Å². The van der Waals surface area contributed by atoms with Crippen LogP contribution in [0.15, 0.2) is 71.4 Å². The molecular weight excluding hydrogens is 488 g/mol. The topological polar surface area (TPSA) is 117 Å². The van der Waals surface area contributed by atoms with E-state index in [0.29, 0.717) is 29.8 Å². The van der Waals surface area contributed by atoms with Crippen LogP contribution in [0.3, 0.4) is 0 Å². The van der Waals surface area contributed by atoms with E-state index in [0.717, 1.165) is 22.6 Å². The lowest BCUT2D eigenvalue weighted by Crippen LogP contribution is -2.31. The largest absolute Gasteiger partial charge is 0.497 e. The first-order chi connectivity index (χ1) is 18.6. The summed E-state index contributed by atoms with van der Waals surface area (Å²) < 4.78 is 21.2. The summed E-state index contributed by atoms with van der Waals surface area (Å²) in [5, 5.41) is 4.00. The Hall–Kier alpha value is -4.73. The van der Waals surface area contributed by atoms with Gasteiger partial charge in [-0.3, -0.25) is 9.59 Å². The number of para-hydroxylation sites is 1. The Kier molecular flexibility index (Phi) is 7.30. The standard InChI is InChI=1S/C28H26N4O6/c1-35-19-9-7-18(8-10-19)17-37-20-11-12-23(29-15-20)27-30-25(38-31-27)13-14-26(33)32-16-22(28(34)36-2)21-5-3-4-6-24(21)32/h3-12,15,22H,13-14,16-17H2,1-2H3. The van der Waals surface area contributed by atoms with E-state index >= 15 is 0 Å². The molecule has 10 heteroatoms. The first kappa shape index (κ1) is 24.9. The number of carbonyl (C=O) groups excluding carboxylic acids is 2. The van der Waals surface area contributed by atoms with E-state index in [4.69, 9.17) is 18.7 Å². The second kappa shape index (κ2) is 11.1. The maximum atomic E-state index is 13.0. The molecule has 1 aliphatic heterocycles. The first-order valence-electron chi connectivity index (χ1n) is 12.1. The Balaban J connectivity index is 1.16. The SMILES string of the molecule is COC(=O)C1CN(C(=O)CCc2nc(-c3ccc(OCc4ccc(OC)cc4)cn3)no2)c2ccccc21. The number of ether oxygens (including phenoxy) is 3. The van der Waals surface area contributed by atoms with Crippen molar-refractivity contribution >= 4 is 17.6 Å². The van der Waals surface area contributed by atoms with Gasteiger partial charge in [-0.1, -0.05) is 35.5 Å². The molecule has 0 aliphatic carbocycles. The Bertz CT molecular complexity index is 1420. The minimum absolute atomic E-state index is 0.139. The van der Waals surface area contributed by atoms with Crippen LogP contribution in [0.25, 0.3) is 11.5 Å². The van der Waals surface area contributed by atoms with Crippen LogP contribution in [0.2, 0.25) is 0 Å². The molecule has 1 aliphatic rings. The molecule has 1 amide bonds. The van der Waals surface area contributed by atoms with Crippen LogP contribution >= 0.6 is 0 Å². The Labute approximate surface area is 219 Å². The number of aromatic nitrogens is 3. The predicted octanol–water partition coefficient (Wildman–Crippen LogP) is 3.96. The minimum atomic E-state index is -0.496. The molecule has 0 saturated carbocycles. The van der Waals surface area contributed by atoms with Gasteiger partial charge in [-0.15, -0.1) is 0 Å². The average molecular weight is 515 g/mol. The van der Waals surface area contributed by atoms with E-state index in [1.165, 1.54) is 7.11 Å². The van der Waals surface area contributed by atoms with Crippen molar-refractivity contribution in [2.45, 2.75) is 25.4 Å². The molecule has 0 saturated heterocycles. The molecule has 3 heterocycles. The molecule has 2 aromatic heterocycles. The zero-order valence-corrected chi connectivity index (χ0v) is 21.0. The maximum absolute atomic E-state index is 13.0. The molecule has 0 bridgehead atoms. The quantitative estimate of drug-likeness (QED) is 0.306. The predicted molar refractivity (Wildman–Crippen MR) is 137 cm³/mol. The number of carbonyl (C=O) groups is 2. The molecular formula is C28H26N4O6. The summed E-state index contributed by atoms with van der Waals surface area (Å²) in [7, 11) is 2.97. The molecule has 10 nitrogen and oxygen atoms in total. The van der Waals surface area contributed by atoms with E-state index in [9.17, 15) is 9.59 Å². The normalized spacial score (nSPS) is 14.2. The number of benzene rings is 2. The van der Waals surface area contributed by atoms with E-state index in [1.807, 2.05) is 48.5 Å². The number of aryl methyl sites for hydroxylation is 1. The summed E-state index contributed by atoms with van der Waals surface area (Å²) in [5.74, 6) is 1.05. The van der Waals surface area contributed by atoms with E-state index in [-0.39, 0.29) is 31.3 Å². The zero-order chi connectivity index (χ0) is 26.5. The summed E-state index contributed by atoms with van der Waals surface area (Å²) in [5.41, 5.74) is 3.04. The summed E-state index contributed by atoms with van der Waals surface area (Å²) in [6.07, 6.45) is 2.01. The molecule has 2 aromatic carbocycles. The summed E-state index contributed by atoms with van der Waals surface area (Å²) in [4.78, 5) is 35.6. The van der Waals surface area contributed by atoms with Crippen LogP contribution < -0.4 is 14.4 Å². The van der Waals surface area contributed by atoms with Crippen LogP contribution in [-0.4, -0.2) is 47.8 Å². The van der Waals surface area contributed by atoms with Gasteiger partial charge in [-0.25, -0.2) is 4.98 Å². The highest BCUT2D eigenvalue weighted by atomic mass is 16.5. The molecule has 0 radical (unpaired) electrons. The van der Waals surface area contributed by atoms with E-state index < -0.39 is 5.92 Å². The van der Waals surface area contributed by atoms with Gasteiger partial charge in [0.1, 0.15) is 29.7 Å². The highest BCUT2D eigenvalue weighted by Gasteiger charge is 2.36. The van der Waals surface area contributed by atoms with Gasteiger partial charge in [0.25, 0.3) is 0 Å². The lowest BCUT2D eigenvalue weighted by molar-refractivity contribution is -0.142. The van der Waals surface area contributed by atoms with Crippen molar-refractivity contribution in [3.05, 3.63) is 83.9 Å². The third-order valence-corrected chi connectivity index (χ3v) is 6.31. The fourth-order valence-electron chi connectivity index (χ4n) is 4.28. The van der Waals surface area contributed by atoms with Crippen LogP contribution in [0.5, 0.6) is 11.5 Å². The number of anilines is 1. The van der Waals surface area contributed by atoms with Crippen molar-refractivity contribution in [3.63, 3.8) is 0 Å². The monoisotopic (exact) mass is 514 g/mol. The third kappa shape index (κ3) is 5.34. The molecule has 4 aromatic rings. The van der Waals surface area contributed by atoms with E-state index in [2.05, 4.69) is 15.1 Å². The first-order valence-corrected chi connectivity index (χ1v) is 12.1. The van der Waals surface area contributed by atoms with Gasteiger partial charge in [-0.2, -0.15) is 4.98 Å². The second-order valence-electron chi connectivity index (χ2n) is 8.67. The van der Waals surface area contributed by atoms with Crippen LogP contribution in [0.4, 0.5) is 5.69 Å².